The number of carboxylic acid groups (broad SMARTS) is 1. The van der Waals surface area contributed by atoms with Crippen molar-refractivity contribution in [3.63, 3.8) is 0 Å². The predicted octanol–water partition coefficient (Wildman–Crippen LogP) is 1.69. The van der Waals surface area contributed by atoms with Gasteiger partial charge in [-0.2, -0.15) is 5.10 Å². The van der Waals surface area contributed by atoms with Gasteiger partial charge < -0.3 is 15.5 Å². The van der Waals surface area contributed by atoms with Gasteiger partial charge in [0.15, 0.2) is 5.75 Å². The van der Waals surface area contributed by atoms with Gasteiger partial charge in [0.1, 0.15) is 5.56 Å². The molecule has 0 aliphatic carbocycles. The highest BCUT2D eigenvalue weighted by atomic mass is 16.4. The average Bonchev–Trinajstić information content (AvgIpc) is 2.65. The first kappa shape index (κ1) is 14.6. The zero-order chi connectivity index (χ0) is 15.7. The summed E-state index contributed by atoms with van der Waals surface area (Å²) in [5, 5.41) is 25.5. The van der Waals surface area contributed by atoms with E-state index in [1.54, 1.807) is 25.6 Å². The van der Waals surface area contributed by atoms with E-state index in [2.05, 4.69) is 10.4 Å². The van der Waals surface area contributed by atoms with Gasteiger partial charge in [-0.1, -0.05) is 6.07 Å². The highest BCUT2D eigenvalue weighted by Gasteiger charge is 2.20. The van der Waals surface area contributed by atoms with Gasteiger partial charge in [0, 0.05) is 12.7 Å². The lowest BCUT2D eigenvalue weighted by molar-refractivity contribution is 0.0693. The number of anilines is 1. The van der Waals surface area contributed by atoms with Crippen LogP contribution in [-0.4, -0.2) is 31.9 Å². The Hall–Kier alpha value is -2.83. The molecule has 1 aromatic heterocycles. The number of hydrogen-bond acceptors (Lipinski definition) is 4. The zero-order valence-electron chi connectivity index (χ0n) is 11.8. The fourth-order valence-corrected chi connectivity index (χ4v) is 2.10. The van der Waals surface area contributed by atoms with Crippen LogP contribution < -0.4 is 5.32 Å². The summed E-state index contributed by atoms with van der Waals surface area (Å²) in [5.41, 5.74) is 1.41. The minimum atomic E-state index is -1.27. The van der Waals surface area contributed by atoms with Crippen LogP contribution in [0.25, 0.3) is 0 Å². The van der Waals surface area contributed by atoms with Crippen molar-refractivity contribution in [1.82, 2.24) is 9.78 Å². The van der Waals surface area contributed by atoms with E-state index >= 15 is 0 Å². The molecule has 1 amide bonds. The lowest BCUT2D eigenvalue weighted by Gasteiger charge is -2.09. The molecule has 7 nitrogen and oxygen atoms in total. The van der Waals surface area contributed by atoms with Gasteiger partial charge in [0.05, 0.1) is 16.9 Å². The van der Waals surface area contributed by atoms with Crippen LogP contribution in [0.3, 0.4) is 0 Å². The number of amides is 1. The molecule has 0 spiro atoms. The molecule has 0 unspecified atom stereocenters. The molecule has 2 aromatic rings. The highest BCUT2D eigenvalue weighted by molar-refractivity contribution is 6.07. The topological polar surface area (TPSA) is 104 Å². The van der Waals surface area contributed by atoms with E-state index in [4.69, 9.17) is 5.11 Å². The Morgan fingerprint density at radius 1 is 1.29 bits per heavy atom. The molecule has 0 radical (unpaired) electrons. The summed E-state index contributed by atoms with van der Waals surface area (Å²) in [6, 6.07) is 4.14. The molecule has 0 aliphatic heterocycles. The molecule has 0 saturated heterocycles. The number of carbonyl (C=O) groups is 2. The number of carboxylic acids is 1. The number of nitrogens with one attached hydrogen (secondary N) is 1. The maximum atomic E-state index is 12.3. The lowest BCUT2D eigenvalue weighted by atomic mass is 10.1. The molecule has 0 aliphatic rings. The van der Waals surface area contributed by atoms with Crippen molar-refractivity contribution >= 4 is 17.6 Å². The van der Waals surface area contributed by atoms with Crippen LogP contribution in [0.15, 0.2) is 18.2 Å². The van der Waals surface area contributed by atoms with E-state index < -0.39 is 17.6 Å². The third kappa shape index (κ3) is 2.58. The van der Waals surface area contributed by atoms with Crippen molar-refractivity contribution in [1.29, 1.82) is 0 Å². The van der Waals surface area contributed by atoms with Crippen LogP contribution in [0.1, 0.15) is 32.1 Å². The van der Waals surface area contributed by atoms with Crippen LogP contribution in [-0.2, 0) is 7.05 Å². The normalized spacial score (nSPS) is 10.4. The van der Waals surface area contributed by atoms with Crippen LogP contribution >= 0.6 is 0 Å². The highest BCUT2D eigenvalue weighted by Crippen LogP contribution is 2.28. The van der Waals surface area contributed by atoms with Gasteiger partial charge >= 0.3 is 5.97 Å². The van der Waals surface area contributed by atoms with E-state index in [-0.39, 0.29) is 11.3 Å². The Labute approximate surface area is 120 Å². The second-order valence-electron chi connectivity index (χ2n) is 4.63. The number of rotatable bonds is 3. The molecule has 2 rings (SSSR count). The molecule has 0 fully saturated rings. The zero-order valence-corrected chi connectivity index (χ0v) is 11.8. The number of aromatic hydroxyl groups is 1. The second-order valence-corrected chi connectivity index (χ2v) is 4.63. The SMILES string of the molecule is Cc1nn(C)c(C)c1C(=O)Nc1cccc(C(=O)O)c1O. The second kappa shape index (κ2) is 5.28. The van der Waals surface area contributed by atoms with Crippen molar-refractivity contribution in [3.8, 4) is 5.75 Å². The van der Waals surface area contributed by atoms with Gasteiger partial charge in [-0.05, 0) is 26.0 Å². The number of aromatic carboxylic acids is 1. The van der Waals surface area contributed by atoms with Gasteiger partial charge in [-0.15, -0.1) is 0 Å². The van der Waals surface area contributed by atoms with Crippen LogP contribution in [0.5, 0.6) is 5.75 Å². The molecular formula is C14H15N3O4. The van der Waals surface area contributed by atoms with Crippen molar-refractivity contribution in [2.24, 2.45) is 7.05 Å². The number of hydrogen-bond donors (Lipinski definition) is 3. The van der Waals surface area contributed by atoms with E-state index in [9.17, 15) is 14.7 Å². The van der Waals surface area contributed by atoms with E-state index in [0.29, 0.717) is 17.0 Å². The summed E-state index contributed by atoms with van der Waals surface area (Å²) < 4.78 is 1.58. The van der Waals surface area contributed by atoms with Gasteiger partial charge in [-0.3, -0.25) is 9.48 Å². The number of carbonyl (C=O) groups excluding carboxylic acids is 1. The molecule has 7 heteroatoms. The summed E-state index contributed by atoms with van der Waals surface area (Å²) in [7, 11) is 1.72. The van der Waals surface area contributed by atoms with E-state index in [1.165, 1.54) is 18.2 Å². The average molecular weight is 289 g/mol. The fraction of sp³-hybridized carbons (Fsp3) is 0.214. The molecule has 0 saturated carbocycles. The standard InChI is InChI=1S/C14H15N3O4/c1-7-11(8(2)17(3)16-7)13(19)15-10-6-4-5-9(12(10)18)14(20)21/h4-6,18H,1-3H3,(H,15,19)(H,20,21). The van der Waals surface area contributed by atoms with E-state index in [0.717, 1.165) is 0 Å². The fourth-order valence-electron chi connectivity index (χ4n) is 2.10. The Bertz CT molecular complexity index is 734. The molecular weight excluding hydrogens is 274 g/mol. The number of aryl methyl sites for hydroxylation is 2. The number of nitrogens with zero attached hydrogens (tertiary/aromatic N) is 2. The summed E-state index contributed by atoms with van der Waals surface area (Å²) in [6.45, 7) is 3.46. The van der Waals surface area contributed by atoms with Gasteiger partial charge in [0.2, 0.25) is 0 Å². The smallest absolute Gasteiger partial charge is 0.339 e. The first-order chi connectivity index (χ1) is 9.82. The number of aromatic nitrogens is 2. The minimum Gasteiger partial charge on any atom is -0.505 e. The number of para-hydroxylation sites is 1. The first-order valence-electron chi connectivity index (χ1n) is 6.19. The lowest BCUT2D eigenvalue weighted by Crippen LogP contribution is -2.14. The van der Waals surface area contributed by atoms with Crippen LogP contribution in [0.2, 0.25) is 0 Å². The van der Waals surface area contributed by atoms with Crippen LogP contribution in [0, 0.1) is 13.8 Å². The predicted molar refractivity (Wildman–Crippen MR) is 75.7 cm³/mol. The molecule has 1 aromatic carbocycles. The third-order valence-electron chi connectivity index (χ3n) is 3.25. The maximum Gasteiger partial charge on any atom is 0.339 e. The molecule has 110 valence electrons. The Kier molecular flexibility index (Phi) is 3.66. The van der Waals surface area contributed by atoms with Crippen molar-refractivity contribution in [2.45, 2.75) is 13.8 Å². The summed E-state index contributed by atoms with van der Waals surface area (Å²) in [5.74, 6) is -2.19. The Morgan fingerprint density at radius 3 is 2.48 bits per heavy atom. The molecule has 21 heavy (non-hydrogen) atoms. The quantitative estimate of drug-likeness (QED) is 0.746. The summed E-state index contributed by atoms with van der Waals surface area (Å²) >= 11 is 0. The number of benzene rings is 1. The molecule has 1 heterocycles. The van der Waals surface area contributed by atoms with Crippen molar-refractivity contribution in [3.05, 3.63) is 40.7 Å². The maximum absolute atomic E-state index is 12.3. The van der Waals surface area contributed by atoms with Crippen molar-refractivity contribution < 1.29 is 19.8 Å². The molecule has 0 bridgehead atoms. The Balaban J connectivity index is 2.37. The first-order valence-corrected chi connectivity index (χ1v) is 6.19. The minimum absolute atomic E-state index is 0.0440. The molecule has 0 atom stereocenters. The van der Waals surface area contributed by atoms with Crippen LogP contribution in [0.4, 0.5) is 5.69 Å². The number of phenols is 1. The largest absolute Gasteiger partial charge is 0.505 e. The summed E-state index contributed by atoms with van der Waals surface area (Å²) in [6.07, 6.45) is 0. The summed E-state index contributed by atoms with van der Waals surface area (Å²) in [4.78, 5) is 23.2. The van der Waals surface area contributed by atoms with Gasteiger partial charge in [-0.25, -0.2) is 4.79 Å². The van der Waals surface area contributed by atoms with Crippen molar-refractivity contribution in [2.75, 3.05) is 5.32 Å². The van der Waals surface area contributed by atoms with Gasteiger partial charge in [0.25, 0.3) is 5.91 Å². The Morgan fingerprint density at radius 2 is 1.95 bits per heavy atom. The monoisotopic (exact) mass is 289 g/mol. The third-order valence-corrected chi connectivity index (χ3v) is 3.25. The molecule has 3 N–H and O–H groups in total. The van der Waals surface area contributed by atoms with E-state index in [1.807, 2.05) is 0 Å².